The van der Waals surface area contributed by atoms with Gasteiger partial charge >= 0.3 is 5.97 Å². The van der Waals surface area contributed by atoms with E-state index in [0.29, 0.717) is 22.8 Å². The highest BCUT2D eigenvalue weighted by atomic mass is 35.5. The smallest absolute Gasteiger partial charge is 0.302 e. The number of aryl methyl sites for hydroxylation is 1. The number of ether oxygens (including phenoxy) is 3. The molecule has 0 saturated carbocycles. The van der Waals surface area contributed by atoms with Crippen LogP contribution in [0.2, 0.25) is 5.02 Å². The molecule has 3 heterocycles. The van der Waals surface area contributed by atoms with Crippen LogP contribution in [0.1, 0.15) is 27.9 Å². The minimum Gasteiger partial charge on any atom is -0.466 e. The van der Waals surface area contributed by atoms with Gasteiger partial charge in [0.25, 0.3) is 11.8 Å². The molecule has 180 valence electrons. The van der Waals surface area contributed by atoms with E-state index in [2.05, 4.69) is 5.16 Å². The number of sulfonamides is 1. The maximum absolute atomic E-state index is 13.8. The Bertz CT molecular complexity index is 1380. The van der Waals surface area contributed by atoms with Gasteiger partial charge in [0.15, 0.2) is 11.5 Å². The molecular weight excluding hydrogens is 510 g/mol. The van der Waals surface area contributed by atoms with Gasteiger partial charge in [-0.05, 0) is 30.0 Å². The quantitative estimate of drug-likeness (QED) is 0.456. The normalized spacial score (nSPS) is 12.6. The first kappa shape index (κ1) is 24.0. The van der Waals surface area contributed by atoms with Crippen LogP contribution in [0.25, 0.3) is 0 Å². The van der Waals surface area contributed by atoms with Gasteiger partial charge in [-0.3, -0.25) is 9.59 Å². The third-order valence-electron chi connectivity index (χ3n) is 4.80. The summed E-state index contributed by atoms with van der Waals surface area (Å²) in [6, 6.07) is 4.40. The van der Waals surface area contributed by atoms with Crippen molar-refractivity contribution in [2.45, 2.75) is 25.2 Å². The van der Waals surface area contributed by atoms with Crippen LogP contribution in [-0.2, 0) is 26.0 Å². The van der Waals surface area contributed by atoms with E-state index in [4.69, 9.17) is 35.5 Å². The summed E-state index contributed by atoms with van der Waals surface area (Å²) in [5.41, 5.74) is 1.07. The Labute approximate surface area is 203 Å². The van der Waals surface area contributed by atoms with E-state index in [1.807, 2.05) is 0 Å². The number of carbonyl (C=O) groups is 2. The van der Waals surface area contributed by atoms with Gasteiger partial charge in [-0.2, -0.15) is 0 Å². The number of hydrogen-bond acceptors (Lipinski definition) is 10. The molecule has 14 heteroatoms. The van der Waals surface area contributed by atoms with Crippen molar-refractivity contribution in [2.24, 2.45) is 5.14 Å². The van der Waals surface area contributed by atoms with Gasteiger partial charge in [-0.25, -0.2) is 18.5 Å². The molecular formula is C20H18ClN3O8S2. The van der Waals surface area contributed by atoms with Gasteiger partial charge in [-0.15, -0.1) is 11.3 Å². The van der Waals surface area contributed by atoms with Gasteiger partial charge in [0.1, 0.15) is 20.5 Å². The van der Waals surface area contributed by atoms with Crippen molar-refractivity contribution in [1.29, 1.82) is 0 Å². The number of primary sulfonamides is 1. The molecule has 3 aromatic rings. The molecule has 34 heavy (non-hydrogen) atoms. The topological polar surface area (TPSA) is 151 Å². The maximum Gasteiger partial charge on any atom is 0.302 e. The summed E-state index contributed by atoms with van der Waals surface area (Å²) in [5, 5.41) is 10.6. The summed E-state index contributed by atoms with van der Waals surface area (Å²) in [5.74, 6) is -0.611. The predicted molar refractivity (Wildman–Crippen MR) is 121 cm³/mol. The summed E-state index contributed by atoms with van der Waals surface area (Å²) in [7, 11) is -4.20. The Balaban J connectivity index is 1.90. The number of carbonyl (C=O) groups excluding carboxylic acids is 2. The van der Waals surface area contributed by atoms with Crippen LogP contribution in [-0.4, -0.2) is 38.9 Å². The SMILES string of the molecule is CC(=O)OCCc1cc2c(cc1N(C(=O)c1sccc1S(N)(=O)=O)c1onc(C)c1Cl)OCO2. The maximum atomic E-state index is 13.8. The molecule has 0 saturated heterocycles. The lowest BCUT2D eigenvalue weighted by Crippen LogP contribution is -2.28. The summed E-state index contributed by atoms with van der Waals surface area (Å²) in [6.07, 6.45) is 0.187. The average molecular weight is 528 g/mol. The van der Waals surface area contributed by atoms with Crippen molar-refractivity contribution in [1.82, 2.24) is 5.16 Å². The van der Waals surface area contributed by atoms with Crippen LogP contribution in [0.3, 0.4) is 0 Å². The van der Waals surface area contributed by atoms with E-state index in [1.54, 1.807) is 13.0 Å². The monoisotopic (exact) mass is 527 g/mol. The molecule has 0 unspecified atom stereocenters. The Kier molecular flexibility index (Phi) is 6.53. The number of benzene rings is 1. The van der Waals surface area contributed by atoms with Crippen molar-refractivity contribution in [3.05, 3.63) is 44.7 Å². The number of nitrogens with two attached hydrogens (primary N) is 1. The Morgan fingerprint density at radius 2 is 2.00 bits per heavy atom. The molecule has 2 N–H and O–H groups in total. The number of rotatable bonds is 7. The summed E-state index contributed by atoms with van der Waals surface area (Å²) in [4.78, 5) is 25.6. The third-order valence-corrected chi connectivity index (χ3v) is 7.22. The van der Waals surface area contributed by atoms with Crippen molar-refractivity contribution in [3.63, 3.8) is 0 Å². The first-order valence-electron chi connectivity index (χ1n) is 9.70. The van der Waals surface area contributed by atoms with Crippen molar-refractivity contribution < 1.29 is 36.7 Å². The molecule has 2 aromatic heterocycles. The molecule has 0 bridgehead atoms. The number of aromatic nitrogens is 1. The average Bonchev–Trinajstić information content (AvgIpc) is 3.49. The zero-order valence-electron chi connectivity index (χ0n) is 17.9. The first-order valence-corrected chi connectivity index (χ1v) is 12.5. The fourth-order valence-corrected chi connectivity index (χ4v) is 5.31. The Hall–Kier alpha value is -3.13. The van der Waals surface area contributed by atoms with Crippen LogP contribution in [0.4, 0.5) is 11.6 Å². The number of halogens is 1. The molecule has 0 aliphatic carbocycles. The zero-order valence-corrected chi connectivity index (χ0v) is 20.3. The summed E-state index contributed by atoms with van der Waals surface area (Å²) in [6.45, 7) is 2.84. The Morgan fingerprint density at radius 3 is 2.62 bits per heavy atom. The van der Waals surface area contributed by atoms with E-state index < -0.39 is 21.9 Å². The van der Waals surface area contributed by atoms with Crippen molar-refractivity contribution in [2.75, 3.05) is 18.3 Å². The molecule has 0 spiro atoms. The van der Waals surface area contributed by atoms with Crippen LogP contribution in [0.5, 0.6) is 11.5 Å². The van der Waals surface area contributed by atoms with Crippen LogP contribution in [0.15, 0.2) is 33.0 Å². The van der Waals surface area contributed by atoms with E-state index >= 15 is 0 Å². The molecule has 1 amide bonds. The van der Waals surface area contributed by atoms with Gasteiger partial charge < -0.3 is 18.7 Å². The number of nitrogens with zero attached hydrogens (tertiary/aromatic N) is 2. The highest BCUT2D eigenvalue weighted by molar-refractivity contribution is 7.89. The number of fused-ring (bicyclic) bond motifs is 1. The first-order chi connectivity index (χ1) is 16.1. The third kappa shape index (κ3) is 4.59. The molecule has 0 radical (unpaired) electrons. The minimum absolute atomic E-state index is 0.00854. The molecule has 4 rings (SSSR count). The van der Waals surface area contributed by atoms with Gasteiger partial charge in [0, 0.05) is 19.4 Å². The molecule has 1 aromatic carbocycles. The highest BCUT2D eigenvalue weighted by Gasteiger charge is 2.34. The number of hydrogen-bond donors (Lipinski definition) is 1. The fourth-order valence-electron chi connectivity index (χ4n) is 3.26. The largest absolute Gasteiger partial charge is 0.466 e. The highest BCUT2D eigenvalue weighted by Crippen LogP contribution is 2.44. The van der Waals surface area contributed by atoms with Gasteiger partial charge in [0.05, 0.1) is 12.3 Å². The summed E-state index contributed by atoms with van der Waals surface area (Å²) < 4.78 is 45.5. The Morgan fingerprint density at radius 1 is 1.29 bits per heavy atom. The van der Waals surface area contributed by atoms with Crippen LogP contribution < -0.4 is 19.5 Å². The second kappa shape index (κ2) is 9.25. The van der Waals surface area contributed by atoms with Crippen molar-refractivity contribution in [3.8, 4) is 11.5 Å². The molecule has 1 aliphatic heterocycles. The van der Waals surface area contributed by atoms with Crippen molar-refractivity contribution >= 4 is 56.4 Å². The second-order valence-corrected chi connectivity index (χ2v) is 9.93. The van der Waals surface area contributed by atoms with E-state index in [-0.39, 0.29) is 46.2 Å². The minimum atomic E-state index is -4.20. The van der Waals surface area contributed by atoms with E-state index in [1.165, 1.54) is 24.4 Å². The van der Waals surface area contributed by atoms with Gasteiger partial charge in [0.2, 0.25) is 16.8 Å². The molecule has 0 atom stereocenters. The standard InChI is InChI=1S/C20H18ClN3O8S2/c1-10-17(21)20(32-23-10)24(19(26)18-16(4-6-33-18)34(22,27)28)13-8-15-14(30-9-31-15)7-12(13)3-5-29-11(2)25/h4,6-8H,3,5,9H2,1-2H3,(H2,22,27,28). The van der Waals surface area contributed by atoms with E-state index in [0.717, 1.165) is 16.2 Å². The van der Waals surface area contributed by atoms with E-state index in [9.17, 15) is 18.0 Å². The lowest BCUT2D eigenvalue weighted by molar-refractivity contribution is -0.140. The lowest BCUT2D eigenvalue weighted by atomic mass is 10.1. The second-order valence-electron chi connectivity index (χ2n) is 7.11. The molecule has 11 nitrogen and oxygen atoms in total. The number of anilines is 2. The number of esters is 1. The molecule has 0 fully saturated rings. The number of amides is 1. The fraction of sp³-hybridized carbons (Fsp3) is 0.250. The molecule has 1 aliphatic rings. The lowest BCUT2D eigenvalue weighted by Gasteiger charge is -2.23. The number of thiophene rings is 1. The predicted octanol–water partition coefficient (Wildman–Crippen LogP) is 3.16. The zero-order chi connectivity index (χ0) is 24.6. The van der Waals surface area contributed by atoms with Gasteiger partial charge in [-0.1, -0.05) is 16.8 Å². The van der Waals surface area contributed by atoms with Crippen LogP contribution >= 0.6 is 22.9 Å². The summed E-state index contributed by atoms with van der Waals surface area (Å²) >= 11 is 7.28. The van der Waals surface area contributed by atoms with Crippen LogP contribution in [0, 0.1) is 6.92 Å².